The number of ether oxygens (including phenoxy) is 1. The summed E-state index contributed by atoms with van der Waals surface area (Å²) in [5.41, 5.74) is 1.59. The van der Waals surface area contributed by atoms with Crippen LogP contribution in [0.1, 0.15) is 42.8 Å². The normalized spacial score (nSPS) is 12.4. The number of rotatable bonds is 5. The monoisotopic (exact) mass is 319 g/mol. The van der Waals surface area contributed by atoms with Crippen LogP contribution in [0.5, 0.6) is 0 Å². The van der Waals surface area contributed by atoms with E-state index in [1.165, 1.54) is 4.52 Å². The summed E-state index contributed by atoms with van der Waals surface area (Å²) >= 11 is 0. The summed E-state index contributed by atoms with van der Waals surface area (Å²) in [6, 6.07) is 1.83. The second kappa shape index (κ2) is 6.72. The highest BCUT2D eigenvalue weighted by molar-refractivity contribution is 5.88. The van der Waals surface area contributed by atoms with Gasteiger partial charge in [0.15, 0.2) is 6.61 Å². The second-order valence-electron chi connectivity index (χ2n) is 5.86. The number of aromatic nitrogens is 4. The second-order valence-corrected chi connectivity index (χ2v) is 5.86. The van der Waals surface area contributed by atoms with Crippen molar-refractivity contribution in [3.05, 3.63) is 23.3 Å². The van der Waals surface area contributed by atoms with Crippen LogP contribution < -0.4 is 5.32 Å². The van der Waals surface area contributed by atoms with E-state index in [2.05, 4.69) is 20.4 Å². The SMILES string of the molecule is Cc1cc(C)n2nc(C(=O)OCC(=O)N[C@@H](C)C(C)C)nc2n1. The molecule has 1 atom stereocenters. The van der Waals surface area contributed by atoms with Crippen molar-refractivity contribution in [3.63, 3.8) is 0 Å². The van der Waals surface area contributed by atoms with Gasteiger partial charge in [0, 0.05) is 17.4 Å². The van der Waals surface area contributed by atoms with E-state index in [9.17, 15) is 9.59 Å². The van der Waals surface area contributed by atoms with Crippen molar-refractivity contribution in [1.82, 2.24) is 24.9 Å². The molecule has 0 unspecified atom stereocenters. The molecule has 1 N–H and O–H groups in total. The summed E-state index contributed by atoms with van der Waals surface area (Å²) < 4.78 is 6.42. The minimum absolute atomic E-state index is 0.00402. The molecule has 0 fully saturated rings. The first-order valence-electron chi connectivity index (χ1n) is 7.45. The van der Waals surface area contributed by atoms with Crippen LogP contribution in [0.25, 0.3) is 5.78 Å². The summed E-state index contributed by atoms with van der Waals surface area (Å²) in [5.74, 6) is -0.594. The number of amides is 1. The molecule has 2 heterocycles. The summed E-state index contributed by atoms with van der Waals surface area (Å²) in [6.07, 6.45) is 0. The number of carbonyl (C=O) groups excluding carboxylic acids is 2. The van der Waals surface area contributed by atoms with Crippen LogP contribution in [0.4, 0.5) is 0 Å². The van der Waals surface area contributed by atoms with Crippen LogP contribution in [-0.4, -0.2) is 44.1 Å². The predicted molar refractivity (Wildman–Crippen MR) is 83.0 cm³/mol. The van der Waals surface area contributed by atoms with Gasteiger partial charge in [0.2, 0.25) is 0 Å². The lowest BCUT2D eigenvalue weighted by molar-refractivity contribution is -0.125. The van der Waals surface area contributed by atoms with E-state index in [1.807, 2.05) is 40.7 Å². The van der Waals surface area contributed by atoms with Crippen LogP contribution in [0.3, 0.4) is 0 Å². The van der Waals surface area contributed by atoms with Crippen molar-refractivity contribution < 1.29 is 14.3 Å². The first kappa shape index (κ1) is 16.9. The average molecular weight is 319 g/mol. The van der Waals surface area contributed by atoms with Crippen molar-refractivity contribution in [2.75, 3.05) is 6.61 Å². The zero-order chi connectivity index (χ0) is 17.1. The van der Waals surface area contributed by atoms with Gasteiger partial charge in [-0.15, -0.1) is 5.10 Å². The van der Waals surface area contributed by atoms with E-state index in [0.29, 0.717) is 11.7 Å². The van der Waals surface area contributed by atoms with E-state index >= 15 is 0 Å². The fourth-order valence-corrected chi connectivity index (χ4v) is 1.91. The number of carbonyl (C=O) groups is 2. The lowest BCUT2D eigenvalue weighted by Crippen LogP contribution is -2.38. The van der Waals surface area contributed by atoms with Crippen molar-refractivity contribution in [1.29, 1.82) is 0 Å². The largest absolute Gasteiger partial charge is 0.450 e. The smallest absolute Gasteiger partial charge is 0.378 e. The molecule has 23 heavy (non-hydrogen) atoms. The zero-order valence-corrected chi connectivity index (χ0v) is 14.0. The third-order valence-corrected chi connectivity index (χ3v) is 3.52. The molecule has 0 saturated heterocycles. The Morgan fingerprint density at radius 3 is 2.61 bits per heavy atom. The van der Waals surface area contributed by atoms with Gasteiger partial charge in [-0.3, -0.25) is 4.79 Å². The topological polar surface area (TPSA) is 98.5 Å². The highest BCUT2D eigenvalue weighted by atomic mass is 16.5. The molecule has 124 valence electrons. The van der Waals surface area contributed by atoms with E-state index in [1.54, 1.807) is 0 Å². The summed E-state index contributed by atoms with van der Waals surface area (Å²) in [4.78, 5) is 31.9. The van der Waals surface area contributed by atoms with Crippen molar-refractivity contribution in [2.24, 2.45) is 5.92 Å². The number of hydrogen-bond donors (Lipinski definition) is 1. The van der Waals surface area contributed by atoms with Gasteiger partial charge in [0.1, 0.15) is 0 Å². The molecule has 2 aromatic rings. The summed E-state index contributed by atoms with van der Waals surface area (Å²) in [7, 11) is 0. The number of nitrogens with one attached hydrogen (secondary N) is 1. The molecule has 8 heteroatoms. The molecule has 0 aromatic carbocycles. The standard InChI is InChI=1S/C15H21N5O3/c1-8(2)11(5)17-12(21)7-23-14(22)13-18-15-16-9(3)6-10(4)20(15)19-13/h6,8,11H,7H2,1-5H3,(H,17,21)/t11-/m0/s1. The van der Waals surface area contributed by atoms with E-state index in [-0.39, 0.29) is 24.4 Å². The van der Waals surface area contributed by atoms with Gasteiger partial charge in [-0.2, -0.15) is 4.98 Å². The molecule has 0 aliphatic carbocycles. The Bertz CT molecular complexity index is 738. The fourth-order valence-electron chi connectivity index (χ4n) is 1.91. The predicted octanol–water partition coefficient (Wildman–Crippen LogP) is 1.06. The van der Waals surface area contributed by atoms with E-state index < -0.39 is 5.97 Å². The third kappa shape index (κ3) is 4.02. The Balaban J connectivity index is 2.01. The molecule has 0 saturated carbocycles. The van der Waals surface area contributed by atoms with Crippen molar-refractivity contribution >= 4 is 17.7 Å². The van der Waals surface area contributed by atoms with Crippen LogP contribution in [-0.2, 0) is 9.53 Å². The Kier molecular flexibility index (Phi) is 4.92. The number of esters is 1. The molecule has 0 aliphatic rings. The molecule has 0 aliphatic heterocycles. The Morgan fingerprint density at radius 2 is 1.96 bits per heavy atom. The molecule has 2 rings (SSSR count). The number of fused-ring (bicyclic) bond motifs is 1. The third-order valence-electron chi connectivity index (χ3n) is 3.52. The van der Waals surface area contributed by atoms with Gasteiger partial charge in [-0.25, -0.2) is 14.3 Å². The van der Waals surface area contributed by atoms with Gasteiger partial charge in [0.25, 0.3) is 17.5 Å². The van der Waals surface area contributed by atoms with Crippen LogP contribution in [0, 0.1) is 19.8 Å². The van der Waals surface area contributed by atoms with Crippen molar-refractivity contribution in [2.45, 2.75) is 40.7 Å². The maximum atomic E-state index is 12.0. The van der Waals surface area contributed by atoms with Gasteiger partial charge in [-0.1, -0.05) is 13.8 Å². The highest BCUT2D eigenvalue weighted by Crippen LogP contribution is 2.06. The molecule has 0 spiro atoms. The van der Waals surface area contributed by atoms with Crippen molar-refractivity contribution in [3.8, 4) is 0 Å². The minimum Gasteiger partial charge on any atom is -0.450 e. The zero-order valence-electron chi connectivity index (χ0n) is 14.0. The molecule has 0 radical (unpaired) electrons. The molecule has 1 amide bonds. The molecule has 0 bridgehead atoms. The van der Waals surface area contributed by atoms with Crippen LogP contribution in [0.2, 0.25) is 0 Å². The molecule has 2 aromatic heterocycles. The summed E-state index contributed by atoms with van der Waals surface area (Å²) in [5, 5.41) is 6.81. The van der Waals surface area contributed by atoms with E-state index in [0.717, 1.165) is 11.4 Å². The van der Waals surface area contributed by atoms with Gasteiger partial charge >= 0.3 is 5.97 Å². The lowest BCUT2D eigenvalue weighted by atomic mass is 10.1. The first-order chi connectivity index (χ1) is 10.8. The molecular formula is C15H21N5O3. The Hall–Kier alpha value is -2.51. The number of nitrogens with zero attached hydrogens (tertiary/aromatic N) is 4. The first-order valence-corrected chi connectivity index (χ1v) is 7.45. The highest BCUT2D eigenvalue weighted by Gasteiger charge is 2.18. The number of hydrogen-bond acceptors (Lipinski definition) is 6. The Labute approximate surface area is 134 Å². The van der Waals surface area contributed by atoms with Gasteiger partial charge < -0.3 is 10.1 Å². The number of aryl methyl sites for hydroxylation is 2. The van der Waals surface area contributed by atoms with Gasteiger partial charge in [0.05, 0.1) is 0 Å². The maximum Gasteiger partial charge on any atom is 0.378 e. The summed E-state index contributed by atoms with van der Waals surface area (Å²) in [6.45, 7) is 9.19. The van der Waals surface area contributed by atoms with Gasteiger partial charge in [-0.05, 0) is 32.8 Å². The average Bonchev–Trinajstić information content (AvgIpc) is 2.88. The quantitative estimate of drug-likeness (QED) is 0.827. The molecule has 8 nitrogen and oxygen atoms in total. The maximum absolute atomic E-state index is 12.0. The van der Waals surface area contributed by atoms with E-state index in [4.69, 9.17) is 4.74 Å². The Morgan fingerprint density at radius 1 is 1.26 bits per heavy atom. The molecular weight excluding hydrogens is 298 g/mol. The fraction of sp³-hybridized carbons (Fsp3) is 0.533. The van der Waals surface area contributed by atoms with Crippen LogP contribution >= 0.6 is 0 Å². The van der Waals surface area contributed by atoms with Crippen LogP contribution in [0.15, 0.2) is 6.07 Å². The minimum atomic E-state index is -0.750. The lowest BCUT2D eigenvalue weighted by Gasteiger charge is -2.16.